The topological polar surface area (TPSA) is 89.7 Å². The first-order valence-corrected chi connectivity index (χ1v) is 8.18. The van der Waals surface area contributed by atoms with E-state index in [0.717, 1.165) is 10.5 Å². The molecule has 1 atom stereocenters. The molecular weight excluding hydrogens is 327 g/mol. The fourth-order valence-electron chi connectivity index (χ4n) is 2.37. The summed E-state index contributed by atoms with van der Waals surface area (Å²) in [5.41, 5.74) is 1.21. The van der Waals surface area contributed by atoms with Gasteiger partial charge in [-0.1, -0.05) is 5.16 Å². The maximum absolute atomic E-state index is 13.0. The van der Waals surface area contributed by atoms with Crippen LogP contribution in [0.5, 0.6) is 5.75 Å². The number of carbonyl (C=O) groups excluding carboxylic acids is 1. The van der Waals surface area contributed by atoms with Gasteiger partial charge in [-0.25, -0.2) is 0 Å². The Kier molecular flexibility index (Phi) is 3.80. The van der Waals surface area contributed by atoms with Crippen LogP contribution in [0.25, 0.3) is 11.3 Å². The lowest BCUT2D eigenvalue weighted by Crippen LogP contribution is -2.26. The van der Waals surface area contributed by atoms with Gasteiger partial charge >= 0.3 is 10.2 Å². The first-order chi connectivity index (χ1) is 10.9. The molecule has 2 heterocycles. The maximum Gasteiger partial charge on any atom is 0.307 e. The molecule has 1 unspecified atom stereocenters. The van der Waals surface area contributed by atoms with Gasteiger partial charge in [-0.2, -0.15) is 8.42 Å². The lowest BCUT2D eigenvalue weighted by atomic mass is 10.1. The van der Waals surface area contributed by atoms with E-state index >= 15 is 0 Å². The molecule has 23 heavy (non-hydrogen) atoms. The molecule has 1 saturated heterocycles. The van der Waals surface area contributed by atoms with E-state index in [0.29, 0.717) is 11.4 Å². The molecule has 0 spiro atoms. The molecule has 1 aliphatic heterocycles. The number of ether oxygens (including phenoxy) is 1. The molecule has 1 amide bonds. The number of carbonyl (C=O) groups is 1. The summed E-state index contributed by atoms with van der Waals surface area (Å²) < 4.78 is 45.1. The molecule has 0 radical (unpaired) electrons. The van der Waals surface area contributed by atoms with E-state index in [2.05, 4.69) is 5.16 Å². The minimum Gasteiger partial charge on any atom is -0.497 e. The van der Waals surface area contributed by atoms with Gasteiger partial charge in [0.15, 0.2) is 0 Å². The van der Waals surface area contributed by atoms with Gasteiger partial charge in [0, 0.05) is 24.6 Å². The normalized spacial score (nSPS) is 18.4. The van der Waals surface area contributed by atoms with E-state index in [-0.39, 0.29) is 12.4 Å². The summed E-state index contributed by atoms with van der Waals surface area (Å²) >= 11 is 0. The van der Waals surface area contributed by atoms with Gasteiger partial charge in [-0.15, -0.1) is 3.89 Å². The number of hydrogen-bond acceptors (Lipinski definition) is 6. The van der Waals surface area contributed by atoms with Crippen LogP contribution in [-0.4, -0.2) is 38.4 Å². The van der Waals surface area contributed by atoms with E-state index in [4.69, 9.17) is 9.26 Å². The third kappa shape index (κ3) is 3.04. The predicted molar refractivity (Wildman–Crippen MR) is 79.3 cm³/mol. The number of hydrogen-bond donors (Lipinski definition) is 0. The molecule has 2 aromatic rings. The number of anilines is 1. The molecule has 122 valence electrons. The quantitative estimate of drug-likeness (QED) is 0.788. The monoisotopic (exact) mass is 340 g/mol. The molecule has 0 N–H and O–H groups in total. The zero-order valence-electron chi connectivity index (χ0n) is 12.1. The number of benzene rings is 1. The van der Waals surface area contributed by atoms with Gasteiger partial charge < -0.3 is 9.26 Å². The van der Waals surface area contributed by atoms with E-state index in [1.165, 1.54) is 6.07 Å². The second-order valence-corrected chi connectivity index (χ2v) is 6.70. The van der Waals surface area contributed by atoms with E-state index in [9.17, 15) is 17.1 Å². The van der Waals surface area contributed by atoms with Gasteiger partial charge in [-0.05, 0) is 24.3 Å². The number of methoxy groups -OCH3 is 1. The van der Waals surface area contributed by atoms with Gasteiger partial charge in [0.05, 0.1) is 7.11 Å². The van der Waals surface area contributed by atoms with Crippen LogP contribution in [0, 0.1) is 0 Å². The smallest absolute Gasteiger partial charge is 0.307 e. The van der Waals surface area contributed by atoms with Crippen LogP contribution >= 0.6 is 0 Å². The zero-order valence-corrected chi connectivity index (χ0v) is 12.9. The van der Waals surface area contributed by atoms with E-state index < -0.39 is 27.8 Å². The van der Waals surface area contributed by atoms with Crippen molar-refractivity contribution in [1.29, 1.82) is 0 Å². The third-order valence-corrected chi connectivity index (χ3v) is 4.75. The summed E-state index contributed by atoms with van der Waals surface area (Å²) in [6.07, 6.45) is -0.405. The molecule has 3 rings (SSSR count). The van der Waals surface area contributed by atoms with Crippen LogP contribution in [0.15, 0.2) is 34.9 Å². The lowest BCUT2D eigenvalue weighted by molar-refractivity contribution is -0.117. The number of halogens is 1. The fourth-order valence-corrected chi connectivity index (χ4v) is 3.04. The van der Waals surface area contributed by atoms with Crippen molar-refractivity contribution in [3.63, 3.8) is 0 Å². The molecular formula is C14H13FN2O5S. The third-order valence-electron chi connectivity index (χ3n) is 3.64. The Morgan fingerprint density at radius 1 is 1.35 bits per heavy atom. The van der Waals surface area contributed by atoms with Crippen LogP contribution in [0.2, 0.25) is 0 Å². The molecule has 7 nitrogen and oxygen atoms in total. The summed E-state index contributed by atoms with van der Waals surface area (Å²) in [4.78, 5) is 12.9. The molecule has 0 bridgehead atoms. The SMILES string of the molecule is COc1ccc(-c2cc(N3CC(S(=O)(=O)F)CC3=O)on2)cc1. The zero-order chi connectivity index (χ0) is 16.6. The average Bonchev–Trinajstić information content (AvgIpc) is 3.13. The van der Waals surface area contributed by atoms with E-state index in [1.807, 2.05) is 0 Å². The maximum atomic E-state index is 13.0. The highest BCUT2D eigenvalue weighted by Crippen LogP contribution is 2.30. The predicted octanol–water partition coefficient (Wildman–Crippen LogP) is 1.75. The molecule has 1 aromatic heterocycles. The van der Waals surface area contributed by atoms with Gasteiger partial charge in [0.25, 0.3) is 0 Å². The first kappa shape index (κ1) is 15.5. The highest BCUT2D eigenvalue weighted by Gasteiger charge is 2.40. The van der Waals surface area contributed by atoms with Crippen LogP contribution in [0.3, 0.4) is 0 Å². The number of aromatic nitrogens is 1. The Morgan fingerprint density at radius 2 is 2.04 bits per heavy atom. The van der Waals surface area contributed by atoms with Crippen LogP contribution < -0.4 is 9.64 Å². The van der Waals surface area contributed by atoms with Crippen molar-refractivity contribution >= 4 is 22.0 Å². The van der Waals surface area contributed by atoms with Crippen LogP contribution in [0.4, 0.5) is 9.77 Å². The highest BCUT2D eigenvalue weighted by atomic mass is 32.3. The Hall–Kier alpha value is -2.42. The standard InChI is InChI=1S/C14H13FN2O5S/c1-21-10-4-2-9(3-5-10)12-7-14(22-16-12)17-8-11(6-13(17)18)23(15,19)20/h2-5,7,11H,6,8H2,1H3. The Balaban J connectivity index is 1.83. The molecule has 9 heteroatoms. The van der Waals surface area contributed by atoms with Crippen LogP contribution in [-0.2, 0) is 15.0 Å². The molecule has 1 aliphatic rings. The molecule has 1 fully saturated rings. The largest absolute Gasteiger partial charge is 0.497 e. The summed E-state index contributed by atoms with van der Waals surface area (Å²) in [6, 6.07) is 8.53. The number of rotatable bonds is 4. The van der Waals surface area contributed by atoms with Crippen molar-refractivity contribution < 1.29 is 26.4 Å². The molecule has 0 aliphatic carbocycles. The Bertz CT molecular complexity index is 831. The second kappa shape index (κ2) is 5.65. The summed E-state index contributed by atoms with van der Waals surface area (Å²) in [7, 11) is -3.21. The van der Waals surface area contributed by atoms with Gasteiger partial charge in [0.2, 0.25) is 11.8 Å². The highest BCUT2D eigenvalue weighted by molar-refractivity contribution is 7.87. The van der Waals surface area contributed by atoms with E-state index in [1.54, 1.807) is 31.4 Å². The fraction of sp³-hybridized carbons (Fsp3) is 0.286. The minimum absolute atomic E-state index is 0.0898. The van der Waals surface area contributed by atoms with Crippen molar-refractivity contribution in [2.45, 2.75) is 11.7 Å². The van der Waals surface area contributed by atoms with Crippen molar-refractivity contribution in [2.24, 2.45) is 0 Å². The number of amides is 1. The average molecular weight is 340 g/mol. The summed E-state index contributed by atoms with van der Waals surface area (Å²) in [5.74, 6) is 0.254. The lowest BCUT2D eigenvalue weighted by Gasteiger charge is -2.10. The van der Waals surface area contributed by atoms with Crippen LogP contribution in [0.1, 0.15) is 6.42 Å². The summed E-state index contributed by atoms with van der Waals surface area (Å²) in [5, 5.41) is 2.48. The summed E-state index contributed by atoms with van der Waals surface area (Å²) in [6.45, 7) is -0.283. The van der Waals surface area contributed by atoms with Crippen molar-refractivity contribution in [3.05, 3.63) is 30.3 Å². The molecule has 0 saturated carbocycles. The Morgan fingerprint density at radius 3 is 2.61 bits per heavy atom. The van der Waals surface area contributed by atoms with Crippen molar-refractivity contribution in [1.82, 2.24) is 5.16 Å². The number of nitrogens with zero attached hydrogens (tertiary/aromatic N) is 2. The minimum atomic E-state index is -4.77. The Labute approximate surface area is 131 Å². The van der Waals surface area contributed by atoms with Gasteiger partial charge in [0.1, 0.15) is 16.7 Å². The second-order valence-electron chi connectivity index (χ2n) is 5.08. The van der Waals surface area contributed by atoms with Crippen molar-refractivity contribution in [3.8, 4) is 17.0 Å². The molecule has 1 aromatic carbocycles. The first-order valence-electron chi connectivity index (χ1n) is 6.73. The van der Waals surface area contributed by atoms with Gasteiger partial charge in [-0.3, -0.25) is 9.69 Å². The van der Waals surface area contributed by atoms with Crippen molar-refractivity contribution in [2.75, 3.05) is 18.6 Å².